The van der Waals surface area contributed by atoms with Gasteiger partial charge in [-0.15, -0.1) is 0 Å². The Balaban J connectivity index is 2.23. The van der Waals surface area contributed by atoms with Crippen molar-refractivity contribution >= 4 is 11.8 Å². The normalized spacial score (nSPS) is 12.1. The van der Waals surface area contributed by atoms with Gasteiger partial charge >= 0.3 is 0 Å². The van der Waals surface area contributed by atoms with Crippen molar-refractivity contribution in [3.8, 4) is 17.6 Å². The number of carbonyl (C=O) groups excluding carboxylic acids is 2. The molecule has 27 heavy (non-hydrogen) atoms. The highest BCUT2D eigenvalue weighted by molar-refractivity contribution is 5.98. The highest BCUT2D eigenvalue weighted by Gasteiger charge is 2.26. The van der Waals surface area contributed by atoms with Crippen LogP contribution in [-0.4, -0.2) is 41.4 Å². The van der Waals surface area contributed by atoms with Crippen LogP contribution in [0.1, 0.15) is 28.4 Å². The molecule has 7 heteroatoms. The average Bonchev–Trinajstić information content (AvgIpc) is 2.70. The zero-order chi connectivity index (χ0) is 19.8. The number of rotatable bonds is 5. The van der Waals surface area contributed by atoms with E-state index >= 15 is 0 Å². The van der Waals surface area contributed by atoms with Crippen LogP contribution in [-0.2, 0) is 4.79 Å². The van der Waals surface area contributed by atoms with Gasteiger partial charge in [-0.05, 0) is 37.3 Å². The number of ether oxygens (including phenoxy) is 1. The molecule has 0 saturated heterocycles. The van der Waals surface area contributed by atoms with Crippen molar-refractivity contribution < 1.29 is 24.6 Å². The first-order valence-corrected chi connectivity index (χ1v) is 8.14. The second-order valence-electron chi connectivity index (χ2n) is 5.70. The Morgan fingerprint density at radius 1 is 1.11 bits per heavy atom. The number of amides is 2. The van der Waals surface area contributed by atoms with Crippen LogP contribution in [0.5, 0.6) is 5.75 Å². The van der Waals surface area contributed by atoms with Gasteiger partial charge in [0, 0.05) is 11.1 Å². The van der Waals surface area contributed by atoms with Gasteiger partial charge in [0.05, 0.1) is 18.8 Å². The van der Waals surface area contributed by atoms with Gasteiger partial charge in [0.2, 0.25) is 0 Å². The Kier molecular flexibility index (Phi) is 6.94. The molecule has 0 heterocycles. The smallest absolute Gasteiger partial charge is 0.268 e. The molecule has 0 bridgehead atoms. The van der Waals surface area contributed by atoms with Gasteiger partial charge in [0.15, 0.2) is 0 Å². The number of aliphatic hydroxyl groups is 1. The molecule has 0 fully saturated rings. The molecule has 0 spiro atoms. The lowest BCUT2D eigenvalue weighted by molar-refractivity contribution is -0.133. The SMILES string of the molecule is COc1cc(C(=O)N[C@H](C(=O)NO)[C@@H](C)O)ccc1C#Cc1ccccc1. The fraction of sp³-hybridized carbons (Fsp3) is 0.200. The van der Waals surface area contributed by atoms with Crippen LogP contribution < -0.4 is 15.5 Å². The summed E-state index contributed by atoms with van der Waals surface area (Å²) in [5.41, 5.74) is 3.07. The minimum Gasteiger partial charge on any atom is -0.495 e. The third-order valence-corrected chi connectivity index (χ3v) is 3.74. The Bertz CT molecular complexity index is 869. The number of nitrogens with one attached hydrogen (secondary N) is 2. The van der Waals surface area contributed by atoms with Crippen molar-refractivity contribution in [3.63, 3.8) is 0 Å². The predicted molar refractivity (Wildman–Crippen MR) is 98.3 cm³/mol. The van der Waals surface area contributed by atoms with Crippen LogP contribution in [0.25, 0.3) is 0 Å². The first-order chi connectivity index (χ1) is 13.0. The molecule has 0 aliphatic carbocycles. The molecule has 2 amide bonds. The van der Waals surface area contributed by atoms with Crippen LogP contribution in [0.4, 0.5) is 0 Å². The summed E-state index contributed by atoms with van der Waals surface area (Å²) in [7, 11) is 1.46. The third-order valence-electron chi connectivity index (χ3n) is 3.74. The lowest BCUT2D eigenvalue weighted by Gasteiger charge is -2.19. The number of carbonyl (C=O) groups is 2. The molecular weight excluding hydrogens is 348 g/mol. The number of methoxy groups -OCH3 is 1. The summed E-state index contributed by atoms with van der Waals surface area (Å²) in [5, 5.41) is 20.7. The third kappa shape index (κ3) is 5.31. The van der Waals surface area contributed by atoms with Gasteiger partial charge < -0.3 is 15.2 Å². The van der Waals surface area contributed by atoms with Crippen molar-refractivity contribution in [2.45, 2.75) is 19.1 Å². The summed E-state index contributed by atoms with van der Waals surface area (Å²) in [6.45, 7) is 1.32. The van der Waals surface area contributed by atoms with Crippen molar-refractivity contribution in [2.24, 2.45) is 0 Å². The van der Waals surface area contributed by atoms with E-state index in [1.807, 2.05) is 30.3 Å². The maximum Gasteiger partial charge on any atom is 0.268 e. The molecule has 2 rings (SSSR count). The number of hydrogen-bond donors (Lipinski definition) is 4. The van der Waals surface area contributed by atoms with E-state index in [9.17, 15) is 14.7 Å². The molecule has 4 N–H and O–H groups in total. The highest BCUT2D eigenvalue weighted by Crippen LogP contribution is 2.19. The number of hydroxylamine groups is 1. The summed E-state index contributed by atoms with van der Waals surface area (Å²) >= 11 is 0. The average molecular weight is 368 g/mol. The second-order valence-corrected chi connectivity index (χ2v) is 5.70. The molecule has 0 unspecified atom stereocenters. The van der Waals surface area contributed by atoms with Crippen molar-refractivity contribution in [2.75, 3.05) is 7.11 Å². The summed E-state index contributed by atoms with van der Waals surface area (Å²) in [4.78, 5) is 23.9. The quantitative estimate of drug-likeness (QED) is 0.359. The first kappa shape index (κ1) is 20.0. The van der Waals surface area contributed by atoms with Crippen LogP contribution in [0.3, 0.4) is 0 Å². The first-order valence-electron chi connectivity index (χ1n) is 8.14. The molecule has 2 aromatic rings. The van der Waals surface area contributed by atoms with E-state index in [4.69, 9.17) is 9.94 Å². The largest absolute Gasteiger partial charge is 0.495 e. The van der Waals surface area contributed by atoms with Gasteiger partial charge in [-0.2, -0.15) is 0 Å². The van der Waals surface area contributed by atoms with Gasteiger partial charge in [0.1, 0.15) is 11.8 Å². The standard InChI is InChI=1S/C20H20N2O5/c1-13(23)18(20(25)22-26)21-19(24)16-11-10-15(17(12-16)27-2)9-8-14-6-4-3-5-7-14/h3-7,10-13,18,23,26H,1-2H3,(H,21,24)(H,22,25)/t13-,18+/m1/s1. The highest BCUT2D eigenvalue weighted by atomic mass is 16.5. The Hall–Kier alpha value is -3.34. The zero-order valence-corrected chi connectivity index (χ0v) is 14.9. The fourth-order valence-corrected chi connectivity index (χ4v) is 2.30. The van der Waals surface area contributed by atoms with Crippen LogP contribution >= 0.6 is 0 Å². The van der Waals surface area contributed by atoms with Gasteiger partial charge in [-0.25, -0.2) is 5.48 Å². The Morgan fingerprint density at radius 2 is 1.81 bits per heavy atom. The van der Waals surface area contributed by atoms with Crippen molar-refractivity contribution in [3.05, 3.63) is 65.2 Å². The lowest BCUT2D eigenvalue weighted by Crippen LogP contribution is -2.51. The number of hydrogen-bond acceptors (Lipinski definition) is 5. The molecule has 2 aromatic carbocycles. The van der Waals surface area contributed by atoms with E-state index in [1.165, 1.54) is 31.6 Å². The minimum absolute atomic E-state index is 0.216. The molecule has 0 radical (unpaired) electrons. The summed E-state index contributed by atoms with van der Waals surface area (Å²) in [6.07, 6.45) is -1.20. The number of benzene rings is 2. The summed E-state index contributed by atoms with van der Waals surface area (Å²) < 4.78 is 5.29. The topological polar surface area (TPSA) is 108 Å². The van der Waals surface area contributed by atoms with E-state index < -0.39 is 24.0 Å². The van der Waals surface area contributed by atoms with E-state index in [2.05, 4.69) is 17.2 Å². The number of aliphatic hydroxyl groups excluding tert-OH is 1. The Labute approximate surface area is 156 Å². The monoisotopic (exact) mass is 368 g/mol. The molecule has 0 aliphatic heterocycles. The van der Waals surface area contributed by atoms with E-state index in [1.54, 1.807) is 6.07 Å². The molecule has 0 aliphatic rings. The van der Waals surface area contributed by atoms with Crippen LogP contribution in [0, 0.1) is 11.8 Å². The Morgan fingerprint density at radius 3 is 2.41 bits per heavy atom. The van der Waals surface area contributed by atoms with Crippen LogP contribution in [0.2, 0.25) is 0 Å². The minimum atomic E-state index is -1.30. The molecule has 0 saturated carbocycles. The maximum absolute atomic E-state index is 12.4. The van der Waals surface area contributed by atoms with E-state index in [0.717, 1.165) is 5.56 Å². The fourth-order valence-electron chi connectivity index (χ4n) is 2.30. The van der Waals surface area contributed by atoms with E-state index in [0.29, 0.717) is 11.3 Å². The molecule has 140 valence electrons. The molecule has 0 aromatic heterocycles. The van der Waals surface area contributed by atoms with Gasteiger partial charge in [-0.1, -0.05) is 30.0 Å². The predicted octanol–water partition coefficient (Wildman–Crippen LogP) is 1.08. The van der Waals surface area contributed by atoms with Crippen LogP contribution in [0.15, 0.2) is 48.5 Å². The van der Waals surface area contributed by atoms with Crippen molar-refractivity contribution in [1.82, 2.24) is 10.8 Å². The summed E-state index contributed by atoms with van der Waals surface area (Å²) in [5.74, 6) is 4.87. The van der Waals surface area contributed by atoms with Gasteiger partial charge in [-0.3, -0.25) is 14.8 Å². The van der Waals surface area contributed by atoms with Gasteiger partial charge in [0.25, 0.3) is 11.8 Å². The zero-order valence-electron chi connectivity index (χ0n) is 14.9. The second kappa shape index (κ2) is 9.38. The van der Waals surface area contributed by atoms with E-state index in [-0.39, 0.29) is 5.56 Å². The lowest BCUT2D eigenvalue weighted by atomic mass is 10.1. The maximum atomic E-state index is 12.4. The molecule has 7 nitrogen and oxygen atoms in total. The molecular formula is C20H20N2O5. The van der Waals surface area contributed by atoms with Crippen molar-refractivity contribution in [1.29, 1.82) is 0 Å². The molecule has 2 atom stereocenters. The summed E-state index contributed by atoms with van der Waals surface area (Å²) in [6, 6.07) is 12.8.